The molecule has 0 radical (unpaired) electrons. The summed E-state index contributed by atoms with van der Waals surface area (Å²) in [7, 11) is 0. The van der Waals surface area contributed by atoms with E-state index in [0.717, 1.165) is 27.7 Å². The maximum absolute atomic E-state index is 12.9. The second-order valence-electron chi connectivity index (χ2n) is 10.7. The molecule has 0 aromatic heterocycles. The van der Waals surface area contributed by atoms with Crippen molar-refractivity contribution < 1.29 is 62.1 Å². The molecule has 2 rings (SSSR count). The summed E-state index contributed by atoms with van der Waals surface area (Å²) >= 11 is 0. The fourth-order valence-corrected chi connectivity index (χ4v) is 4.55. The molecular weight excluding hydrogens is 550 g/mol. The van der Waals surface area contributed by atoms with Gasteiger partial charge < -0.3 is 33.2 Å². The molecule has 0 N–H and O–H groups in total. The summed E-state index contributed by atoms with van der Waals surface area (Å²) in [6.45, 7) is 10.2. The molecule has 0 bridgehead atoms. The van der Waals surface area contributed by atoms with Crippen LogP contribution in [0.25, 0.3) is 0 Å². The highest BCUT2D eigenvalue weighted by atomic mass is 16.7. The van der Waals surface area contributed by atoms with Crippen molar-refractivity contribution in [2.45, 2.75) is 110 Å². The van der Waals surface area contributed by atoms with Gasteiger partial charge in [0.05, 0.1) is 0 Å². The highest BCUT2D eigenvalue weighted by Crippen LogP contribution is 2.36. The van der Waals surface area contributed by atoms with E-state index in [1.54, 1.807) is 33.8 Å². The van der Waals surface area contributed by atoms with E-state index >= 15 is 0 Å². The Labute approximate surface area is 236 Å². The van der Waals surface area contributed by atoms with Gasteiger partial charge in [-0.3, -0.25) is 34.1 Å². The normalized spacial score (nSPS) is 29.8. The van der Waals surface area contributed by atoms with Gasteiger partial charge in [0, 0.05) is 32.6 Å². The Morgan fingerprint density at radius 3 is 1.95 bits per heavy atom. The number of ether oxygens (including phenoxy) is 7. The fourth-order valence-electron chi connectivity index (χ4n) is 4.55. The lowest BCUT2D eigenvalue weighted by Gasteiger charge is -2.45. The Morgan fingerprint density at radius 2 is 1.46 bits per heavy atom. The molecule has 230 valence electrons. The van der Waals surface area contributed by atoms with Crippen LogP contribution in [0.15, 0.2) is 11.6 Å². The van der Waals surface area contributed by atoms with Gasteiger partial charge in [-0.25, -0.2) is 0 Å². The van der Waals surface area contributed by atoms with Crippen LogP contribution in [0.4, 0.5) is 0 Å². The molecular formula is C26H37NO14. The van der Waals surface area contributed by atoms with Crippen LogP contribution in [0, 0.1) is 16.0 Å². The lowest BCUT2D eigenvalue weighted by atomic mass is 9.83. The molecule has 1 heterocycles. The van der Waals surface area contributed by atoms with Gasteiger partial charge in [-0.2, -0.15) is 0 Å². The van der Waals surface area contributed by atoms with Gasteiger partial charge in [-0.05, 0) is 39.7 Å². The molecule has 1 aliphatic carbocycles. The number of rotatable bonds is 9. The number of carbonyl (C=O) groups excluding carboxylic acids is 5. The molecule has 0 amide bonds. The van der Waals surface area contributed by atoms with Crippen LogP contribution in [-0.4, -0.2) is 89.8 Å². The number of nitrogens with zero attached hydrogens (tertiary/aromatic N) is 1. The van der Waals surface area contributed by atoms with Crippen molar-refractivity contribution in [2.24, 2.45) is 5.92 Å². The summed E-state index contributed by atoms with van der Waals surface area (Å²) in [6.07, 6.45) is -7.31. The molecule has 0 spiro atoms. The Kier molecular flexibility index (Phi) is 11.4. The lowest BCUT2D eigenvalue weighted by molar-refractivity contribution is -0.545. The minimum atomic E-state index is -1.66. The zero-order chi connectivity index (χ0) is 31.2. The molecule has 0 aromatic carbocycles. The first-order chi connectivity index (χ1) is 18.9. The average molecular weight is 588 g/mol. The van der Waals surface area contributed by atoms with Crippen LogP contribution in [0.3, 0.4) is 0 Å². The van der Waals surface area contributed by atoms with Crippen LogP contribution >= 0.6 is 0 Å². The summed E-state index contributed by atoms with van der Waals surface area (Å²) < 4.78 is 38.5. The Hall–Kier alpha value is -3.59. The van der Waals surface area contributed by atoms with Crippen LogP contribution in [0.2, 0.25) is 0 Å². The number of hydrogen-bond acceptors (Lipinski definition) is 14. The quantitative estimate of drug-likeness (QED) is 0.123. The lowest BCUT2D eigenvalue weighted by Crippen LogP contribution is -2.64. The molecule has 0 saturated carbocycles. The molecule has 2 aliphatic rings. The first-order valence-corrected chi connectivity index (χ1v) is 12.9. The molecule has 1 saturated heterocycles. The van der Waals surface area contributed by atoms with Crippen molar-refractivity contribution in [3.63, 3.8) is 0 Å². The van der Waals surface area contributed by atoms with Gasteiger partial charge in [0.1, 0.15) is 30.3 Å². The standard InChI is InChI=1S/C26H37NO14/c1-12-9-10-17(24(32)41-26(6,7)8)19(27(33)34)20(12)40-25-23(38-16(5)31)22(37-15(4)30)21(36-14(3)29)18(39-25)11-35-13(2)28/h9,17-23,25H,10-11H2,1-8H3/t17-,18-,19-,20+,21-,22+,23-,25+/m0/s1. The van der Waals surface area contributed by atoms with Gasteiger partial charge in [-0.15, -0.1) is 0 Å². The maximum atomic E-state index is 12.9. The van der Waals surface area contributed by atoms with E-state index in [0.29, 0.717) is 5.57 Å². The van der Waals surface area contributed by atoms with Gasteiger partial charge in [0.15, 0.2) is 24.6 Å². The number of hydrogen-bond donors (Lipinski definition) is 0. The predicted molar refractivity (Wildman–Crippen MR) is 135 cm³/mol. The Bertz CT molecular complexity index is 1060. The molecule has 41 heavy (non-hydrogen) atoms. The van der Waals surface area contributed by atoms with E-state index in [4.69, 9.17) is 33.2 Å². The molecule has 0 unspecified atom stereocenters. The average Bonchev–Trinajstić information content (AvgIpc) is 2.80. The summed E-state index contributed by atoms with van der Waals surface area (Å²) in [5.41, 5.74) is -0.538. The zero-order valence-electron chi connectivity index (χ0n) is 24.3. The van der Waals surface area contributed by atoms with Crippen LogP contribution in [-0.2, 0) is 57.1 Å². The van der Waals surface area contributed by atoms with E-state index in [1.165, 1.54) is 0 Å². The summed E-state index contributed by atoms with van der Waals surface area (Å²) in [6, 6.07) is -1.64. The van der Waals surface area contributed by atoms with Crippen LogP contribution in [0.5, 0.6) is 0 Å². The maximum Gasteiger partial charge on any atom is 0.316 e. The third kappa shape index (κ3) is 9.49. The van der Waals surface area contributed by atoms with Gasteiger partial charge in [0.2, 0.25) is 0 Å². The van der Waals surface area contributed by atoms with E-state index in [-0.39, 0.29) is 6.42 Å². The summed E-state index contributed by atoms with van der Waals surface area (Å²) in [5, 5.41) is 12.3. The minimum Gasteiger partial charge on any atom is -0.463 e. The highest BCUT2D eigenvalue weighted by Gasteiger charge is 2.56. The van der Waals surface area contributed by atoms with Gasteiger partial charge in [-0.1, -0.05) is 6.08 Å². The van der Waals surface area contributed by atoms with E-state index in [1.807, 2.05) is 0 Å². The molecule has 8 atom stereocenters. The molecule has 15 heteroatoms. The second-order valence-corrected chi connectivity index (χ2v) is 10.7. The van der Waals surface area contributed by atoms with Gasteiger partial charge >= 0.3 is 29.8 Å². The van der Waals surface area contributed by atoms with Gasteiger partial charge in [0.25, 0.3) is 6.04 Å². The van der Waals surface area contributed by atoms with Crippen molar-refractivity contribution in [3.8, 4) is 0 Å². The van der Waals surface area contributed by atoms with E-state index < -0.39 is 95.7 Å². The van der Waals surface area contributed by atoms with Crippen molar-refractivity contribution in [2.75, 3.05) is 6.61 Å². The van der Waals surface area contributed by atoms with Crippen LogP contribution < -0.4 is 0 Å². The van der Waals surface area contributed by atoms with Crippen LogP contribution in [0.1, 0.15) is 61.8 Å². The minimum absolute atomic E-state index is 0.00479. The first-order valence-electron chi connectivity index (χ1n) is 12.9. The monoisotopic (exact) mass is 587 g/mol. The SMILES string of the molecule is CC(=O)OC[C@@H]1O[C@H](O[C@@H]2C(C)=CC[C@H](C(=O)OC(C)(C)C)[C@@H]2[N+](=O)[O-])[C@@H](OC(C)=O)[C@H](OC(C)=O)[C@H]1OC(C)=O. The smallest absolute Gasteiger partial charge is 0.316 e. The first kappa shape index (κ1) is 33.6. The van der Waals surface area contributed by atoms with E-state index in [2.05, 4.69) is 0 Å². The Morgan fingerprint density at radius 1 is 0.927 bits per heavy atom. The van der Waals surface area contributed by atoms with Crippen molar-refractivity contribution in [1.29, 1.82) is 0 Å². The molecule has 1 aliphatic heterocycles. The number of nitro groups is 1. The topological polar surface area (TPSA) is 193 Å². The predicted octanol–water partition coefficient (Wildman–Crippen LogP) is 1.41. The number of esters is 5. The van der Waals surface area contributed by atoms with Crippen molar-refractivity contribution >= 4 is 29.8 Å². The fraction of sp³-hybridized carbons (Fsp3) is 0.731. The largest absolute Gasteiger partial charge is 0.463 e. The molecule has 1 fully saturated rings. The third-order valence-electron chi connectivity index (χ3n) is 6.05. The Balaban J connectivity index is 2.56. The van der Waals surface area contributed by atoms with Crippen molar-refractivity contribution in [1.82, 2.24) is 0 Å². The zero-order valence-corrected chi connectivity index (χ0v) is 24.3. The van der Waals surface area contributed by atoms with Crippen molar-refractivity contribution in [3.05, 3.63) is 21.8 Å². The number of allylic oxidation sites excluding steroid dienone is 1. The summed E-state index contributed by atoms with van der Waals surface area (Å²) in [4.78, 5) is 72.2. The molecule has 0 aromatic rings. The van der Waals surface area contributed by atoms with E-state index in [9.17, 15) is 34.1 Å². The number of carbonyl (C=O) groups is 5. The summed E-state index contributed by atoms with van der Waals surface area (Å²) in [5.74, 6) is -5.28. The molecule has 15 nitrogen and oxygen atoms in total. The third-order valence-corrected chi connectivity index (χ3v) is 6.05. The second kappa shape index (κ2) is 13.9. The highest BCUT2D eigenvalue weighted by molar-refractivity contribution is 5.74.